The van der Waals surface area contributed by atoms with Crippen LogP contribution in [0.3, 0.4) is 0 Å². The number of benzene rings is 1. The predicted octanol–water partition coefficient (Wildman–Crippen LogP) is 4.51. The van der Waals surface area contributed by atoms with Gasteiger partial charge in [-0.2, -0.15) is 18.4 Å². The molecule has 6 nitrogen and oxygen atoms in total. The first kappa shape index (κ1) is 21.5. The zero-order chi connectivity index (χ0) is 21.9. The molecule has 0 bridgehead atoms. The van der Waals surface area contributed by atoms with Crippen molar-refractivity contribution in [2.24, 2.45) is 0 Å². The zero-order valence-corrected chi connectivity index (χ0v) is 16.1. The number of nitrogens with one attached hydrogen (secondary N) is 1. The van der Waals surface area contributed by atoms with Gasteiger partial charge in [-0.25, -0.2) is 19.2 Å². The predicted molar refractivity (Wildman–Crippen MR) is 99.8 cm³/mol. The molecule has 1 aromatic heterocycles. The maximum atomic E-state index is 13.6. The third-order valence-corrected chi connectivity index (χ3v) is 5.25. The topological polar surface area (TPSA) is 81.9 Å². The van der Waals surface area contributed by atoms with Crippen LogP contribution < -0.4 is 10.2 Å². The van der Waals surface area contributed by atoms with E-state index in [0.29, 0.717) is 30.7 Å². The number of aromatic nitrogens is 2. The molecule has 1 fully saturated rings. The summed E-state index contributed by atoms with van der Waals surface area (Å²) in [7, 11) is 1.31. The molecule has 2 amide bonds. The van der Waals surface area contributed by atoms with Crippen LogP contribution in [0.2, 0.25) is 0 Å². The number of urea groups is 1. The number of rotatable bonds is 3. The second-order valence-corrected chi connectivity index (χ2v) is 7.17. The molecular weight excluding hydrogens is 402 g/mol. The number of halogens is 4. The smallest absolute Gasteiger partial charge is 0.327 e. The van der Waals surface area contributed by atoms with E-state index in [4.69, 9.17) is 5.26 Å². The molecule has 0 radical (unpaired) electrons. The molecule has 1 heterocycles. The van der Waals surface area contributed by atoms with Crippen LogP contribution in [0.1, 0.15) is 49.2 Å². The first-order chi connectivity index (χ1) is 14.2. The monoisotopic (exact) mass is 421 g/mol. The van der Waals surface area contributed by atoms with Crippen LogP contribution in [0.4, 0.5) is 28.0 Å². The number of nitrogens with zero attached hydrogens (tertiary/aromatic N) is 4. The lowest BCUT2D eigenvalue weighted by molar-refractivity contribution is -0.139. The average Bonchev–Trinajstić information content (AvgIpc) is 2.73. The minimum atomic E-state index is -4.88. The van der Waals surface area contributed by atoms with E-state index in [2.05, 4.69) is 15.3 Å². The summed E-state index contributed by atoms with van der Waals surface area (Å²) in [6, 6.07) is 5.21. The Labute approximate surface area is 170 Å². The van der Waals surface area contributed by atoms with Gasteiger partial charge in [-0.3, -0.25) is 4.90 Å². The third kappa shape index (κ3) is 4.35. The van der Waals surface area contributed by atoms with Gasteiger partial charge in [0.15, 0.2) is 0 Å². The lowest BCUT2D eigenvalue weighted by Gasteiger charge is -2.38. The Kier molecular flexibility index (Phi) is 5.92. The van der Waals surface area contributed by atoms with Gasteiger partial charge in [-0.05, 0) is 37.1 Å². The highest BCUT2D eigenvalue weighted by atomic mass is 19.4. The molecule has 1 N–H and O–H groups in total. The molecule has 158 valence electrons. The van der Waals surface area contributed by atoms with E-state index >= 15 is 0 Å². The Hall–Kier alpha value is -3.22. The summed E-state index contributed by atoms with van der Waals surface area (Å²) in [4.78, 5) is 22.0. The lowest BCUT2D eigenvalue weighted by Crippen LogP contribution is -2.52. The summed E-state index contributed by atoms with van der Waals surface area (Å²) in [5.74, 6) is -1.44. The van der Waals surface area contributed by atoms with Crippen molar-refractivity contribution in [1.29, 1.82) is 5.26 Å². The minimum Gasteiger partial charge on any atom is -0.327 e. The molecule has 1 aromatic carbocycles. The molecule has 10 heteroatoms. The highest BCUT2D eigenvalue weighted by Gasteiger charge is 2.39. The number of carbonyl (C=O) groups is 1. The number of carbonyl (C=O) groups excluding carboxylic acids is 1. The van der Waals surface area contributed by atoms with Crippen LogP contribution in [-0.4, -0.2) is 23.0 Å². The van der Waals surface area contributed by atoms with Crippen LogP contribution in [-0.2, 0) is 11.7 Å². The van der Waals surface area contributed by atoms with Gasteiger partial charge in [0, 0.05) is 18.9 Å². The van der Waals surface area contributed by atoms with Gasteiger partial charge in [0.25, 0.3) is 0 Å². The normalized spacial score (nSPS) is 15.9. The Balaban J connectivity index is 1.90. The van der Waals surface area contributed by atoms with Crippen LogP contribution in [0.25, 0.3) is 0 Å². The van der Waals surface area contributed by atoms with E-state index in [1.807, 2.05) is 6.07 Å². The molecule has 1 aliphatic carbocycles. The molecular formula is C20H19F4N5O. The van der Waals surface area contributed by atoms with Crippen LogP contribution in [0, 0.1) is 17.1 Å². The molecule has 0 unspecified atom stereocenters. The molecule has 0 saturated heterocycles. The number of hydrogen-bond donors (Lipinski definition) is 1. The molecule has 1 saturated carbocycles. The largest absolute Gasteiger partial charge is 0.419 e. The number of anilines is 1. The molecule has 1 aliphatic rings. The fourth-order valence-corrected chi connectivity index (χ4v) is 3.62. The summed E-state index contributed by atoms with van der Waals surface area (Å²) >= 11 is 0. The van der Waals surface area contributed by atoms with Crippen molar-refractivity contribution in [3.63, 3.8) is 0 Å². The number of alkyl halides is 3. The molecule has 0 aliphatic heterocycles. The highest BCUT2D eigenvalue weighted by Crippen LogP contribution is 2.37. The van der Waals surface area contributed by atoms with Gasteiger partial charge in [0.1, 0.15) is 11.9 Å². The van der Waals surface area contributed by atoms with Gasteiger partial charge >= 0.3 is 12.2 Å². The fraction of sp³-hybridized carbons (Fsp3) is 0.400. The Morgan fingerprint density at radius 2 is 1.93 bits per heavy atom. The first-order valence-corrected chi connectivity index (χ1v) is 9.32. The average molecular weight is 421 g/mol. The quantitative estimate of drug-likeness (QED) is 0.740. The van der Waals surface area contributed by atoms with Crippen molar-refractivity contribution in [3.05, 3.63) is 53.4 Å². The molecule has 3 rings (SSSR count). The van der Waals surface area contributed by atoms with Crippen molar-refractivity contribution in [1.82, 2.24) is 15.3 Å². The summed E-state index contributed by atoms with van der Waals surface area (Å²) in [5.41, 5.74) is -1.94. The van der Waals surface area contributed by atoms with Gasteiger partial charge in [-0.15, -0.1) is 0 Å². The van der Waals surface area contributed by atoms with Crippen LogP contribution in [0.5, 0.6) is 0 Å². The third-order valence-electron chi connectivity index (χ3n) is 5.25. The van der Waals surface area contributed by atoms with Crippen molar-refractivity contribution >= 4 is 11.7 Å². The van der Waals surface area contributed by atoms with Crippen LogP contribution >= 0.6 is 0 Å². The summed E-state index contributed by atoms with van der Waals surface area (Å²) in [6.45, 7) is 0. The fourth-order valence-electron chi connectivity index (χ4n) is 3.62. The van der Waals surface area contributed by atoms with Crippen molar-refractivity contribution in [2.45, 2.75) is 43.8 Å². The van der Waals surface area contributed by atoms with E-state index in [1.165, 1.54) is 13.2 Å². The van der Waals surface area contributed by atoms with Crippen molar-refractivity contribution in [3.8, 4) is 6.07 Å². The van der Waals surface area contributed by atoms with Gasteiger partial charge in [0.2, 0.25) is 5.82 Å². The summed E-state index contributed by atoms with van der Waals surface area (Å²) in [5, 5.41) is 12.0. The maximum Gasteiger partial charge on any atom is 0.419 e. The van der Waals surface area contributed by atoms with E-state index in [0.717, 1.165) is 30.2 Å². The van der Waals surface area contributed by atoms with Gasteiger partial charge in [-0.1, -0.05) is 19.3 Å². The summed E-state index contributed by atoms with van der Waals surface area (Å²) in [6.07, 6.45) is 0.266. The Morgan fingerprint density at radius 1 is 1.23 bits per heavy atom. The maximum absolute atomic E-state index is 13.6. The standard InChI is InChI=1S/C20H19F4N5O/c1-29(13-5-6-15(21)14(11-13)20(22,23)24)18(30)28-19(8-3-2-4-9-19)16-7-10-26-17(12-25)27-16/h5-7,10-11H,2-4,8-9H2,1H3,(H,28,30). The van der Waals surface area contributed by atoms with Gasteiger partial charge < -0.3 is 5.32 Å². The van der Waals surface area contributed by atoms with E-state index < -0.39 is 29.1 Å². The second-order valence-electron chi connectivity index (χ2n) is 7.17. The zero-order valence-electron chi connectivity index (χ0n) is 16.1. The molecule has 2 aromatic rings. The first-order valence-electron chi connectivity index (χ1n) is 9.32. The molecule has 30 heavy (non-hydrogen) atoms. The Bertz CT molecular complexity index is 980. The molecule has 0 spiro atoms. The highest BCUT2D eigenvalue weighted by molar-refractivity contribution is 5.92. The van der Waals surface area contributed by atoms with Crippen molar-refractivity contribution < 1.29 is 22.4 Å². The molecule has 0 atom stereocenters. The number of nitriles is 1. The van der Waals surface area contributed by atoms with E-state index in [9.17, 15) is 22.4 Å². The van der Waals surface area contributed by atoms with Crippen LogP contribution in [0.15, 0.2) is 30.5 Å². The van der Waals surface area contributed by atoms with E-state index in [1.54, 1.807) is 6.07 Å². The SMILES string of the molecule is CN(C(=O)NC1(c2ccnc(C#N)n2)CCCCC1)c1ccc(F)c(C(F)(F)F)c1. The van der Waals surface area contributed by atoms with E-state index in [-0.39, 0.29) is 11.5 Å². The minimum absolute atomic E-state index is 0.0339. The second kappa shape index (κ2) is 8.26. The Morgan fingerprint density at radius 3 is 2.57 bits per heavy atom. The number of amides is 2. The van der Waals surface area contributed by atoms with Gasteiger partial charge in [0.05, 0.1) is 16.8 Å². The number of hydrogen-bond acceptors (Lipinski definition) is 4. The lowest BCUT2D eigenvalue weighted by atomic mass is 9.79. The van der Waals surface area contributed by atoms with Crippen molar-refractivity contribution in [2.75, 3.05) is 11.9 Å². The summed E-state index contributed by atoms with van der Waals surface area (Å²) < 4.78 is 52.6.